The highest BCUT2D eigenvalue weighted by molar-refractivity contribution is 6.06. The van der Waals surface area contributed by atoms with E-state index in [9.17, 15) is 14.7 Å². The lowest BCUT2D eigenvalue weighted by Crippen LogP contribution is -2.14. The third kappa shape index (κ3) is 2.60. The number of amides is 1. The van der Waals surface area contributed by atoms with Crippen molar-refractivity contribution >= 4 is 17.6 Å². The predicted molar refractivity (Wildman–Crippen MR) is 58.5 cm³/mol. The molecule has 1 aromatic carbocycles. The first-order valence-electron chi connectivity index (χ1n) is 4.45. The molecule has 0 aliphatic carbocycles. The SMILES string of the molecule is C=C(C)C(=O)Nc1cc(O)ccc1C(=O)O. The zero-order valence-electron chi connectivity index (χ0n) is 8.65. The monoisotopic (exact) mass is 221 g/mol. The van der Waals surface area contributed by atoms with Gasteiger partial charge in [0.1, 0.15) is 5.75 Å². The van der Waals surface area contributed by atoms with E-state index in [4.69, 9.17) is 5.11 Å². The minimum Gasteiger partial charge on any atom is -0.508 e. The summed E-state index contributed by atoms with van der Waals surface area (Å²) in [5.74, 6) is -1.80. The fraction of sp³-hybridized carbons (Fsp3) is 0.0909. The van der Waals surface area contributed by atoms with Gasteiger partial charge in [-0.1, -0.05) is 6.58 Å². The van der Waals surface area contributed by atoms with Gasteiger partial charge in [0.05, 0.1) is 11.3 Å². The Morgan fingerprint density at radius 2 is 2.00 bits per heavy atom. The molecule has 0 saturated heterocycles. The Hall–Kier alpha value is -2.30. The highest BCUT2D eigenvalue weighted by Crippen LogP contribution is 2.22. The molecular formula is C11H11NO4. The average Bonchev–Trinajstić information content (AvgIpc) is 2.16. The third-order valence-corrected chi connectivity index (χ3v) is 1.87. The highest BCUT2D eigenvalue weighted by Gasteiger charge is 2.13. The number of nitrogens with one attached hydrogen (secondary N) is 1. The molecule has 0 aliphatic heterocycles. The van der Waals surface area contributed by atoms with Crippen LogP contribution in [0.4, 0.5) is 5.69 Å². The van der Waals surface area contributed by atoms with Crippen molar-refractivity contribution in [1.29, 1.82) is 0 Å². The van der Waals surface area contributed by atoms with E-state index in [1.54, 1.807) is 0 Å². The molecule has 84 valence electrons. The summed E-state index contributed by atoms with van der Waals surface area (Å²) in [4.78, 5) is 22.1. The van der Waals surface area contributed by atoms with Gasteiger partial charge in [0.2, 0.25) is 0 Å². The van der Waals surface area contributed by atoms with Crippen LogP contribution in [0.3, 0.4) is 0 Å². The fourth-order valence-electron chi connectivity index (χ4n) is 1.05. The first-order valence-corrected chi connectivity index (χ1v) is 4.45. The van der Waals surface area contributed by atoms with Crippen molar-refractivity contribution in [2.24, 2.45) is 0 Å². The Labute approximate surface area is 92.0 Å². The average molecular weight is 221 g/mol. The van der Waals surface area contributed by atoms with Gasteiger partial charge in [-0.05, 0) is 19.1 Å². The van der Waals surface area contributed by atoms with Crippen LogP contribution in [0, 0.1) is 0 Å². The number of hydrogen-bond acceptors (Lipinski definition) is 3. The smallest absolute Gasteiger partial charge is 0.337 e. The van der Waals surface area contributed by atoms with Crippen molar-refractivity contribution in [2.75, 3.05) is 5.32 Å². The van der Waals surface area contributed by atoms with Crippen molar-refractivity contribution < 1.29 is 19.8 Å². The highest BCUT2D eigenvalue weighted by atomic mass is 16.4. The quantitative estimate of drug-likeness (QED) is 0.676. The maximum Gasteiger partial charge on any atom is 0.337 e. The van der Waals surface area contributed by atoms with Crippen LogP contribution in [0.5, 0.6) is 5.75 Å². The Balaban J connectivity index is 3.10. The molecule has 1 aromatic rings. The molecule has 0 atom stereocenters. The van der Waals surface area contributed by atoms with E-state index >= 15 is 0 Å². The molecule has 3 N–H and O–H groups in total. The standard InChI is InChI=1S/C11H11NO4/c1-6(2)10(14)12-9-5-7(13)3-4-8(9)11(15)16/h3-5,13H,1H2,2H3,(H,12,14)(H,15,16). The molecule has 0 aromatic heterocycles. The van der Waals surface area contributed by atoms with Crippen molar-refractivity contribution in [3.63, 3.8) is 0 Å². The van der Waals surface area contributed by atoms with Crippen LogP contribution in [0.1, 0.15) is 17.3 Å². The molecule has 16 heavy (non-hydrogen) atoms. The van der Waals surface area contributed by atoms with E-state index in [1.165, 1.54) is 25.1 Å². The Kier molecular flexibility index (Phi) is 3.30. The molecule has 0 unspecified atom stereocenters. The van der Waals surface area contributed by atoms with Gasteiger partial charge in [0, 0.05) is 11.6 Å². The van der Waals surface area contributed by atoms with Crippen molar-refractivity contribution in [2.45, 2.75) is 6.92 Å². The van der Waals surface area contributed by atoms with Gasteiger partial charge in [-0.25, -0.2) is 4.79 Å². The summed E-state index contributed by atoms with van der Waals surface area (Å²) in [6.45, 7) is 4.92. The normalized spacial score (nSPS) is 9.56. The molecular weight excluding hydrogens is 210 g/mol. The van der Waals surface area contributed by atoms with Crippen LogP contribution in [0.15, 0.2) is 30.4 Å². The van der Waals surface area contributed by atoms with Crippen LogP contribution in [-0.2, 0) is 4.79 Å². The zero-order chi connectivity index (χ0) is 12.3. The minimum absolute atomic E-state index is 0.0421. The molecule has 0 saturated carbocycles. The molecule has 1 rings (SSSR count). The van der Waals surface area contributed by atoms with E-state index in [1.807, 2.05) is 0 Å². The maximum absolute atomic E-state index is 11.3. The van der Waals surface area contributed by atoms with Gasteiger partial charge in [0.15, 0.2) is 0 Å². The molecule has 0 spiro atoms. The Morgan fingerprint density at radius 1 is 1.38 bits per heavy atom. The van der Waals surface area contributed by atoms with Crippen LogP contribution in [0.25, 0.3) is 0 Å². The number of carboxylic acids is 1. The lowest BCUT2D eigenvalue weighted by Gasteiger charge is -2.08. The summed E-state index contributed by atoms with van der Waals surface area (Å²) in [6, 6.07) is 3.62. The van der Waals surface area contributed by atoms with Crippen molar-refractivity contribution in [1.82, 2.24) is 0 Å². The zero-order valence-corrected chi connectivity index (χ0v) is 8.65. The molecule has 5 nitrogen and oxygen atoms in total. The second-order valence-electron chi connectivity index (χ2n) is 3.27. The summed E-state index contributed by atoms with van der Waals surface area (Å²) in [5.41, 5.74) is 0.201. The maximum atomic E-state index is 11.3. The first-order chi connectivity index (χ1) is 7.41. The molecule has 0 bridgehead atoms. The molecule has 0 heterocycles. The number of carbonyl (C=O) groups is 2. The molecule has 0 aliphatic rings. The second-order valence-corrected chi connectivity index (χ2v) is 3.27. The minimum atomic E-state index is -1.18. The van der Waals surface area contributed by atoms with E-state index in [2.05, 4.69) is 11.9 Å². The lowest BCUT2D eigenvalue weighted by atomic mass is 10.1. The number of phenols is 1. The first kappa shape index (κ1) is 11.8. The summed E-state index contributed by atoms with van der Waals surface area (Å²) < 4.78 is 0. The molecule has 0 radical (unpaired) electrons. The van der Waals surface area contributed by atoms with E-state index in [0.29, 0.717) is 0 Å². The number of phenolic OH excluding ortho intramolecular Hbond substituents is 1. The van der Waals surface area contributed by atoms with Crippen LogP contribution in [-0.4, -0.2) is 22.1 Å². The van der Waals surface area contributed by atoms with Crippen molar-refractivity contribution in [3.05, 3.63) is 35.9 Å². The number of aromatic carboxylic acids is 1. The predicted octanol–water partition coefficient (Wildman–Crippen LogP) is 1.60. The van der Waals surface area contributed by atoms with Gasteiger partial charge >= 0.3 is 5.97 Å². The summed E-state index contributed by atoms with van der Waals surface area (Å²) in [6.07, 6.45) is 0. The van der Waals surface area contributed by atoms with Gasteiger partial charge in [-0.2, -0.15) is 0 Å². The lowest BCUT2D eigenvalue weighted by molar-refractivity contribution is -0.112. The van der Waals surface area contributed by atoms with E-state index in [0.717, 1.165) is 0 Å². The number of carbonyl (C=O) groups excluding carboxylic acids is 1. The molecule has 5 heteroatoms. The van der Waals surface area contributed by atoms with Gasteiger partial charge < -0.3 is 15.5 Å². The number of anilines is 1. The van der Waals surface area contributed by atoms with Gasteiger partial charge in [-0.15, -0.1) is 0 Å². The van der Waals surface area contributed by atoms with Crippen LogP contribution in [0.2, 0.25) is 0 Å². The fourth-order valence-corrected chi connectivity index (χ4v) is 1.05. The second kappa shape index (κ2) is 4.48. The number of carboxylic acid groups (broad SMARTS) is 1. The Bertz CT molecular complexity index is 465. The Morgan fingerprint density at radius 3 is 2.50 bits per heavy atom. The van der Waals surface area contributed by atoms with E-state index < -0.39 is 11.9 Å². The van der Waals surface area contributed by atoms with Gasteiger partial charge in [0.25, 0.3) is 5.91 Å². The number of hydrogen-bond donors (Lipinski definition) is 3. The third-order valence-electron chi connectivity index (χ3n) is 1.87. The summed E-state index contributed by atoms with van der Waals surface area (Å²) >= 11 is 0. The molecule has 1 amide bonds. The molecule has 0 fully saturated rings. The number of benzene rings is 1. The number of rotatable bonds is 3. The largest absolute Gasteiger partial charge is 0.508 e. The van der Waals surface area contributed by atoms with Crippen LogP contribution < -0.4 is 5.32 Å². The topological polar surface area (TPSA) is 86.6 Å². The van der Waals surface area contributed by atoms with Crippen LogP contribution >= 0.6 is 0 Å². The van der Waals surface area contributed by atoms with E-state index in [-0.39, 0.29) is 22.6 Å². The summed E-state index contributed by atoms with van der Waals surface area (Å²) in [5, 5.41) is 20.4. The van der Waals surface area contributed by atoms with Crippen molar-refractivity contribution in [3.8, 4) is 5.75 Å². The van der Waals surface area contributed by atoms with Gasteiger partial charge in [-0.3, -0.25) is 4.79 Å². The number of aromatic hydroxyl groups is 1. The summed E-state index contributed by atoms with van der Waals surface area (Å²) in [7, 11) is 0.